The highest BCUT2D eigenvalue weighted by atomic mass is 16.5. The average Bonchev–Trinajstić information content (AvgIpc) is 3.23. The molecule has 0 radical (unpaired) electrons. The number of unbranched alkanes of at least 4 members (excludes halogenated alkanes) is 2. The minimum Gasteiger partial charge on any atom is -0.469 e. The zero-order chi connectivity index (χ0) is 21.3. The van der Waals surface area contributed by atoms with Gasteiger partial charge in [0.2, 0.25) is 0 Å². The van der Waals surface area contributed by atoms with E-state index >= 15 is 0 Å². The maximum atomic E-state index is 12.7. The number of hydrogen-bond acceptors (Lipinski definition) is 3. The molecule has 3 unspecified atom stereocenters. The van der Waals surface area contributed by atoms with E-state index in [1.165, 1.54) is 31.9 Å². The predicted octanol–water partition coefficient (Wildman–Crippen LogP) is 5.05. The summed E-state index contributed by atoms with van der Waals surface area (Å²) in [4.78, 5) is 25.1. The Labute approximate surface area is 179 Å². The molecule has 4 nitrogen and oxygen atoms in total. The number of nitrogens with one attached hydrogen (secondary N) is 1. The van der Waals surface area contributed by atoms with E-state index in [-0.39, 0.29) is 29.8 Å². The van der Waals surface area contributed by atoms with Crippen LogP contribution in [0.3, 0.4) is 0 Å². The molecule has 158 valence electrons. The van der Waals surface area contributed by atoms with Crippen molar-refractivity contribution in [1.82, 2.24) is 5.32 Å². The molecule has 0 spiro atoms. The molecule has 0 heterocycles. The van der Waals surface area contributed by atoms with Gasteiger partial charge in [-0.3, -0.25) is 9.59 Å². The fourth-order valence-electron chi connectivity index (χ4n) is 4.08. The van der Waals surface area contributed by atoms with Crippen LogP contribution in [0.5, 0.6) is 0 Å². The largest absolute Gasteiger partial charge is 0.469 e. The molecular formula is C26H31NO3. The van der Waals surface area contributed by atoms with E-state index in [2.05, 4.69) is 12.2 Å². The molecule has 4 heteroatoms. The lowest BCUT2D eigenvalue weighted by Crippen LogP contribution is -2.33. The average molecular weight is 406 g/mol. The number of allylic oxidation sites excluding steroid dienone is 1. The molecule has 0 fully saturated rings. The lowest BCUT2D eigenvalue weighted by atomic mass is 9.85. The second kappa shape index (κ2) is 10.8. The monoisotopic (exact) mass is 405 g/mol. The van der Waals surface area contributed by atoms with Crippen LogP contribution in [-0.2, 0) is 16.0 Å². The molecule has 3 atom stereocenters. The lowest BCUT2D eigenvalue weighted by molar-refractivity contribution is -0.143. The molecule has 2 aromatic carbocycles. The Balaban J connectivity index is 1.59. The Kier molecular flexibility index (Phi) is 7.83. The van der Waals surface area contributed by atoms with Crippen LogP contribution in [0.25, 0.3) is 0 Å². The van der Waals surface area contributed by atoms with Crippen molar-refractivity contribution < 1.29 is 14.3 Å². The van der Waals surface area contributed by atoms with Gasteiger partial charge in [0.25, 0.3) is 5.91 Å². The molecule has 1 aliphatic carbocycles. The number of methoxy groups -OCH3 is 1. The van der Waals surface area contributed by atoms with Crippen LogP contribution in [0.2, 0.25) is 0 Å². The van der Waals surface area contributed by atoms with Crippen LogP contribution in [-0.4, -0.2) is 25.0 Å². The van der Waals surface area contributed by atoms with Gasteiger partial charge in [-0.25, -0.2) is 0 Å². The van der Waals surface area contributed by atoms with Crippen molar-refractivity contribution in [3.05, 3.63) is 83.4 Å². The minimum absolute atomic E-state index is 0.00825. The van der Waals surface area contributed by atoms with Gasteiger partial charge in [0, 0.05) is 11.6 Å². The van der Waals surface area contributed by atoms with Crippen LogP contribution in [0.15, 0.2) is 66.7 Å². The van der Waals surface area contributed by atoms with Crippen molar-refractivity contribution >= 4 is 11.9 Å². The predicted molar refractivity (Wildman–Crippen MR) is 119 cm³/mol. The molecule has 30 heavy (non-hydrogen) atoms. The standard InChI is InChI=1S/C26H31NO3/c1-3-4-6-9-19-12-14-21(15-13-19)25(28)27-23-17-16-22(18-23)24(26(29)30-2)20-10-7-5-8-11-20/h5,7-8,10-17,22-24H,3-4,6,9,18H2,1-2H3,(H,27,28). The lowest BCUT2D eigenvalue weighted by Gasteiger charge is -2.22. The van der Waals surface area contributed by atoms with Gasteiger partial charge in [-0.05, 0) is 48.4 Å². The summed E-state index contributed by atoms with van der Waals surface area (Å²) in [6.45, 7) is 2.20. The Morgan fingerprint density at radius 1 is 1.03 bits per heavy atom. The highest BCUT2D eigenvalue weighted by Crippen LogP contribution is 2.34. The first-order valence-electron chi connectivity index (χ1n) is 10.8. The quantitative estimate of drug-likeness (QED) is 0.361. The van der Waals surface area contributed by atoms with Crippen molar-refractivity contribution in [2.24, 2.45) is 5.92 Å². The van der Waals surface area contributed by atoms with E-state index in [1.807, 2.05) is 66.7 Å². The highest BCUT2D eigenvalue weighted by Gasteiger charge is 2.33. The smallest absolute Gasteiger partial charge is 0.313 e. The van der Waals surface area contributed by atoms with Gasteiger partial charge >= 0.3 is 5.97 Å². The van der Waals surface area contributed by atoms with Crippen molar-refractivity contribution in [3.63, 3.8) is 0 Å². The Morgan fingerprint density at radius 2 is 1.77 bits per heavy atom. The van der Waals surface area contributed by atoms with Crippen LogP contribution in [0, 0.1) is 5.92 Å². The number of benzene rings is 2. The SMILES string of the molecule is CCCCCc1ccc(C(=O)NC2C=CC(C(C(=O)OC)c3ccccc3)C2)cc1. The normalized spacial score (nSPS) is 18.7. The zero-order valence-corrected chi connectivity index (χ0v) is 17.8. The Bertz CT molecular complexity index is 858. The van der Waals surface area contributed by atoms with E-state index in [0.29, 0.717) is 12.0 Å². The van der Waals surface area contributed by atoms with Gasteiger partial charge in [0.15, 0.2) is 0 Å². The summed E-state index contributed by atoms with van der Waals surface area (Å²) in [6.07, 6.45) is 9.35. The van der Waals surface area contributed by atoms with Crippen LogP contribution < -0.4 is 5.32 Å². The van der Waals surface area contributed by atoms with Crippen LogP contribution in [0.4, 0.5) is 0 Å². The molecule has 0 bridgehead atoms. The molecular weight excluding hydrogens is 374 g/mol. The number of amides is 1. The van der Waals surface area contributed by atoms with E-state index in [9.17, 15) is 9.59 Å². The topological polar surface area (TPSA) is 55.4 Å². The molecule has 1 amide bonds. The summed E-state index contributed by atoms with van der Waals surface area (Å²) in [7, 11) is 1.42. The van der Waals surface area contributed by atoms with Crippen molar-refractivity contribution in [2.45, 2.75) is 51.0 Å². The third kappa shape index (κ3) is 5.59. The first-order valence-corrected chi connectivity index (χ1v) is 10.8. The maximum Gasteiger partial charge on any atom is 0.313 e. The van der Waals surface area contributed by atoms with Gasteiger partial charge in [-0.1, -0.05) is 74.4 Å². The number of ether oxygens (including phenoxy) is 1. The Hall–Kier alpha value is -2.88. The number of carbonyl (C=O) groups is 2. The van der Waals surface area contributed by atoms with E-state index < -0.39 is 0 Å². The van der Waals surface area contributed by atoms with Crippen LogP contribution >= 0.6 is 0 Å². The van der Waals surface area contributed by atoms with Gasteiger partial charge < -0.3 is 10.1 Å². The first kappa shape index (κ1) is 21.8. The summed E-state index contributed by atoms with van der Waals surface area (Å²) in [5.41, 5.74) is 2.87. The molecule has 1 aliphatic rings. The molecule has 3 rings (SSSR count). The minimum atomic E-state index is -0.364. The Morgan fingerprint density at radius 3 is 2.43 bits per heavy atom. The highest BCUT2D eigenvalue weighted by molar-refractivity contribution is 5.94. The third-order valence-electron chi connectivity index (χ3n) is 5.76. The molecule has 1 N–H and O–H groups in total. The second-order valence-electron chi connectivity index (χ2n) is 7.93. The number of aryl methyl sites for hydroxylation is 1. The first-order chi connectivity index (χ1) is 14.6. The molecule has 0 saturated carbocycles. The van der Waals surface area contributed by atoms with Crippen molar-refractivity contribution in [2.75, 3.05) is 7.11 Å². The van der Waals surface area contributed by atoms with Gasteiger partial charge in [-0.2, -0.15) is 0 Å². The molecule has 0 saturated heterocycles. The van der Waals surface area contributed by atoms with E-state index in [0.717, 1.165) is 12.0 Å². The fraction of sp³-hybridized carbons (Fsp3) is 0.385. The van der Waals surface area contributed by atoms with Crippen molar-refractivity contribution in [1.29, 1.82) is 0 Å². The number of rotatable bonds is 9. The number of carbonyl (C=O) groups excluding carboxylic acids is 2. The number of hydrogen-bond donors (Lipinski definition) is 1. The summed E-state index contributed by atoms with van der Waals surface area (Å²) in [5.74, 6) is -0.705. The second-order valence-corrected chi connectivity index (χ2v) is 7.93. The zero-order valence-electron chi connectivity index (χ0n) is 17.8. The summed E-state index contributed by atoms with van der Waals surface area (Å²) in [5, 5.41) is 3.08. The van der Waals surface area contributed by atoms with Crippen LogP contribution in [0.1, 0.15) is 60.0 Å². The number of esters is 1. The van der Waals surface area contributed by atoms with Gasteiger partial charge in [0.1, 0.15) is 0 Å². The van der Waals surface area contributed by atoms with Gasteiger partial charge in [-0.15, -0.1) is 0 Å². The summed E-state index contributed by atoms with van der Waals surface area (Å²) < 4.78 is 5.05. The van der Waals surface area contributed by atoms with Crippen molar-refractivity contribution in [3.8, 4) is 0 Å². The third-order valence-corrected chi connectivity index (χ3v) is 5.76. The molecule has 0 aliphatic heterocycles. The summed E-state index contributed by atoms with van der Waals surface area (Å²) in [6, 6.07) is 17.5. The maximum absolute atomic E-state index is 12.7. The van der Waals surface area contributed by atoms with E-state index in [4.69, 9.17) is 4.74 Å². The molecule has 2 aromatic rings. The molecule has 0 aromatic heterocycles. The van der Waals surface area contributed by atoms with E-state index in [1.54, 1.807) is 0 Å². The van der Waals surface area contributed by atoms with Gasteiger partial charge in [0.05, 0.1) is 13.0 Å². The fourth-order valence-corrected chi connectivity index (χ4v) is 4.08. The summed E-state index contributed by atoms with van der Waals surface area (Å²) >= 11 is 0.